The Balaban J connectivity index is 2.95. The van der Waals surface area contributed by atoms with E-state index in [-0.39, 0.29) is 18.3 Å². The van der Waals surface area contributed by atoms with Crippen molar-refractivity contribution < 1.29 is 14.3 Å². The lowest BCUT2D eigenvalue weighted by atomic mass is 10.2. The van der Waals surface area contributed by atoms with Crippen LogP contribution in [0.1, 0.15) is 17.3 Å². The lowest BCUT2D eigenvalue weighted by molar-refractivity contribution is 0.0731. The maximum Gasteiger partial charge on any atom is 0.253 e. The summed E-state index contributed by atoms with van der Waals surface area (Å²) in [6.07, 6.45) is 1.76. The van der Waals surface area contributed by atoms with Crippen molar-refractivity contribution >= 4 is 17.7 Å². The summed E-state index contributed by atoms with van der Waals surface area (Å²) in [5, 5.41) is 8.85. The monoisotopic (exact) mass is 257 g/mol. The number of carbonyl (C=O) groups is 1. The van der Waals surface area contributed by atoms with Gasteiger partial charge in [0.25, 0.3) is 5.91 Å². The van der Waals surface area contributed by atoms with Gasteiger partial charge in [-0.2, -0.15) is 0 Å². The van der Waals surface area contributed by atoms with Crippen LogP contribution in [0, 0.1) is 5.82 Å². The van der Waals surface area contributed by atoms with Gasteiger partial charge in [0.15, 0.2) is 0 Å². The summed E-state index contributed by atoms with van der Waals surface area (Å²) in [7, 11) is 0. The van der Waals surface area contributed by atoms with E-state index in [1.54, 1.807) is 12.3 Å². The zero-order valence-corrected chi connectivity index (χ0v) is 10.8. The van der Waals surface area contributed by atoms with Gasteiger partial charge in [-0.25, -0.2) is 4.39 Å². The minimum Gasteiger partial charge on any atom is -0.395 e. The molecule has 0 aliphatic carbocycles. The van der Waals surface area contributed by atoms with Crippen LogP contribution in [-0.4, -0.2) is 41.9 Å². The van der Waals surface area contributed by atoms with Crippen molar-refractivity contribution in [2.45, 2.75) is 11.8 Å². The molecular formula is C12H16FNO2S. The van der Waals surface area contributed by atoms with Crippen LogP contribution in [0.15, 0.2) is 23.1 Å². The molecule has 1 N–H and O–H groups in total. The Hall–Kier alpha value is -1.07. The molecule has 0 radical (unpaired) electrons. The number of benzene rings is 1. The maximum absolute atomic E-state index is 13.3. The number of hydrogen-bond donors (Lipinski definition) is 1. The summed E-state index contributed by atoms with van der Waals surface area (Å²) in [4.78, 5) is 14.0. The van der Waals surface area contributed by atoms with Crippen molar-refractivity contribution in [2.75, 3.05) is 26.0 Å². The maximum atomic E-state index is 13.3. The van der Waals surface area contributed by atoms with Crippen LogP contribution in [0.25, 0.3) is 0 Å². The van der Waals surface area contributed by atoms with Gasteiger partial charge in [0.05, 0.1) is 6.61 Å². The van der Waals surface area contributed by atoms with Crippen molar-refractivity contribution in [3.05, 3.63) is 29.6 Å². The molecule has 0 heterocycles. The van der Waals surface area contributed by atoms with Crippen LogP contribution in [0.4, 0.5) is 4.39 Å². The molecule has 0 spiro atoms. The fourth-order valence-corrected chi connectivity index (χ4v) is 2.01. The number of nitrogens with zero attached hydrogens (tertiary/aromatic N) is 1. The van der Waals surface area contributed by atoms with Crippen molar-refractivity contribution in [1.82, 2.24) is 4.90 Å². The highest BCUT2D eigenvalue weighted by molar-refractivity contribution is 7.98. The first kappa shape index (κ1) is 14.0. The molecule has 1 amide bonds. The normalized spacial score (nSPS) is 10.4. The fraction of sp³-hybridized carbons (Fsp3) is 0.417. The average Bonchev–Trinajstić information content (AvgIpc) is 2.35. The molecule has 0 bridgehead atoms. The Morgan fingerprint density at radius 1 is 1.53 bits per heavy atom. The summed E-state index contributed by atoms with van der Waals surface area (Å²) >= 11 is 1.26. The second-order valence-corrected chi connectivity index (χ2v) is 4.31. The van der Waals surface area contributed by atoms with Gasteiger partial charge < -0.3 is 10.0 Å². The van der Waals surface area contributed by atoms with Gasteiger partial charge >= 0.3 is 0 Å². The number of halogens is 1. The van der Waals surface area contributed by atoms with Gasteiger partial charge in [-0.15, -0.1) is 11.8 Å². The van der Waals surface area contributed by atoms with Gasteiger partial charge in [-0.05, 0) is 31.4 Å². The molecule has 0 atom stereocenters. The lowest BCUT2D eigenvalue weighted by Gasteiger charge is -2.19. The Kier molecular flexibility index (Phi) is 5.44. The third-order valence-corrected chi connectivity index (χ3v) is 3.19. The van der Waals surface area contributed by atoms with E-state index in [0.29, 0.717) is 23.5 Å². The van der Waals surface area contributed by atoms with Crippen molar-refractivity contribution in [2.24, 2.45) is 0 Å². The first-order valence-electron chi connectivity index (χ1n) is 5.37. The summed E-state index contributed by atoms with van der Waals surface area (Å²) in [6, 6.07) is 4.31. The van der Waals surface area contributed by atoms with Crippen molar-refractivity contribution in [3.8, 4) is 0 Å². The number of thioether (sulfide) groups is 1. The molecule has 0 unspecified atom stereocenters. The largest absolute Gasteiger partial charge is 0.395 e. The summed E-state index contributed by atoms with van der Waals surface area (Å²) < 4.78 is 13.3. The van der Waals surface area contributed by atoms with E-state index < -0.39 is 0 Å². The predicted octanol–water partition coefficient (Wildman–Crippen LogP) is 2.00. The first-order valence-corrected chi connectivity index (χ1v) is 6.60. The first-order chi connectivity index (χ1) is 8.13. The highest BCUT2D eigenvalue weighted by Gasteiger charge is 2.15. The molecule has 5 heteroatoms. The van der Waals surface area contributed by atoms with E-state index in [0.717, 1.165) is 0 Å². The Morgan fingerprint density at radius 2 is 2.24 bits per heavy atom. The average molecular weight is 257 g/mol. The molecule has 0 saturated heterocycles. The fourth-order valence-electron chi connectivity index (χ4n) is 1.50. The van der Waals surface area contributed by atoms with E-state index >= 15 is 0 Å². The van der Waals surface area contributed by atoms with E-state index in [9.17, 15) is 9.18 Å². The molecule has 0 fully saturated rings. The standard InChI is InChI=1S/C12H16FNO2S/c1-3-14(6-7-15)12(16)9-4-5-10(13)11(8-9)17-2/h4-5,8,15H,3,6-7H2,1-2H3. The summed E-state index contributed by atoms with van der Waals surface area (Å²) in [6.45, 7) is 2.58. The smallest absolute Gasteiger partial charge is 0.253 e. The van der Waals surface area contributed by atoms with Gasteiger partial charge in [0.1, 0.15) is 5.82 Å². The third kappa shape index (κ3) is 3.44. The predicted molar refractivity (Wildman–Crippen MR) is 66.8 cm³/mol. The molecule has 1 aromatic carbocycles. The van der Waals surface area contributed by atoms with Crippen molar-refractivity contribution in [3.63, 3.8) is 0 Å². The minimum absolute atomic E-state index is 0.0733. The van der Waals surface area contributed by atoms with Gasteiger partial charge in [0, 0.05) is 23.5 Å². The van der Waals surface area contributed by atoms with Crippen LogP contribution < -0.4 is 0 Å². The van der Waals surface area contributed by atoms with Crippen LogP contribution >= 0.6 is 11.8 Å². The van der Waals surface area contributed by atoms with Gasteiger partial charge in [-0.3, -0.25) is 4.79 Å². The number of hydrogen-bond acceptors (Lipinski definition) is 3. The quantitative estimate of drug-likeness (QED) is 0.820. The Bertz CT molecular complexity index is 398. The topological polar surface area (TPSA) is 40.5 Å². The van der Waals surface area contributed by atoms with Gasteiger partial charge in [-0.1, -0.05) is 0 Å². The minimum atomic E-state index is -0.320. The van der Waals surface area contributed by atoms with E-state index in [1.807, 2.05) is 6.92 Å². The Morgan fingerprint density at radius 3 is 2.76 bits per heavy atom. The van der Waals surface area contributed by atoms with Crippen molar-refractivity contribution in [1.29, 1.82) is 0 Å². The van der Waals surface area contributed by atoms with Crippen LogP contribution in [0.3, 0.4) is 0 Å². The van der Waals surface area contributed by atoms with Gasteiger partial charge in [0.2, 0.25) is 0 Å². The number of likely N-dealkylation sites (N-methyl/N-ethyl adjacent to an activating group) is 1. The van der Waals surface area contributed by atoms with E-state index in [2.05, 4.69) is 0 Å². The molecule has 0 aromatic heterocycles. The molecule has 0 aliphatic rings. The number of aliphatic hydroxyl groups excluding tert-OH is 1. The second kappa shape index (κ2) is 6.61. The molecular weight excluding hydrogens is 241 g/mol. The lowest BCUT2D eigenvalue weighted by Crippen LogP contribution is -2.33. The van der Waals surface area contributed by atoms with Crippen LogP contribution in [-0.2, 0) is 0 Å². The highest BCUT2D eigenvalue weighted by Crippen LogP contribution is 2.21. The zero-order chi connectivity index (χ0) is 12.8. The molecule has 1 rings (SSSR count). The molecule has 0 saturated carbocycles. The molecule has 17 heavy (non-hydrogen) atoms. The molecule has 0 aliphatic heterocycles. The number of amides is 1. The zero-order valence-electron chi connectivity index (χ0n) is 9.94. The number of carbonyl (C=O) groups excluding carboxylic acids is 1. The number of aliphatic hydroxyl groups is 1. The molecule has 1 aromatic rings. The second-order valence-electron chi connectivity index (χ2n) is 3.46. The third-order valence-electron chi connectivity index (χ3n) is 2.44. The van der Waals surface area contributed by atoms with E-state index in [1.165, 1.54) is 28.8 Å². The highest BCUT2D eigenvalue weighted by atomic mass is 32.2. The molecule has 3 nitrogen and oxygen atoms in total. The molecule has 94 valence electrons. The summed E-state index contributed by atoms with van der Waals surface area (Å²) in [5.41, 5.74) is 0.450. The Labute approximate surface area is 105 Å². The SMILES string of the molecule is CCN(CCO)C(=O)c1ccc(F)c(SC)c1. The van der Waals surface area contributed by atoms with Crippen LogP contribution in [0.5, 0.6) is 0 Å². The number of rotatable bonds is 5. The summed E-state index contributed by atoms with van der Waals surface area (Å²) in [5.74, 6) is -0.504. The van der Waals surface area contributed by atoms with E-state index in [4.69, 9.17) is 5.11 Å². The van der Waals surface area contributed by atoms with Crippen LogP contribution in [0.2, 0.25) is 0 Å².